The molecule has 1 rings (SSSR count). The van der Waals surface area contributed by atoms with Gasteiger partial charge in [0.1, 0.15) is 0 Å². The summed E-state index contributed by atoms with van der Waals surface area (Å²) >= 11 is 1.82. The molecule has 0 fully saturated rings. The molecule has 0 saturated carbocycles. The number of hydrogen-bond acceptors (Lipinski definition) is 2. The Kier molecular flexibility index (Phi) is 6.35. The summed E-state index contributed by atoms with van der Waals surface area (Å²) in [7, 11) is 0. The van der Waals surface area contributed by atoms with Gasteiger partial charge in [-0.3, -0.25) is 4.99 Å². The van der Waals surface area contributed by atoms with E-state index >= 15 is 0 Å². The van der Waals surface area contributed by atoms with Crippen LogP contribution in [0.4, 0.5) is 0 Å². The van der Waals surface area contributed by atoms with Crippen LogP contribution in [-0.2, 0) is 12.8 Å². The Morgan fingerprint density at radius 2 is 2.06 bits per heavy atom. The van der Waals surface area contributed by atoms with Crippen LogP contribution in [0.2, 0.25) is 0 Å². The summed E-state index contributed by atoms with van der Waals surface area (Å²) in [6.07, 6.45) is 5.60. The average Bonchev–Trinajstić information content (AvgIpc) is 2.36. The molecule has 1 nitrogen and oxygen atoms in total. The Hall–Kier alpha value is -0.760. The van der Waals surface area contributed by atoms with Crippen LogP contribution in [0, 0.1) is 0 Å². The van der Waals surface area contributed by atoms with Crippen LogP contribution in [0.3, 0.4) is 0 Å². The third-order valence-corrected chi connectivity index (χ3v) is 3.71. The van der Waals surface area contributed by atoms with E-state index in [1.165, 1.54) is 29.5 Å². The van der Waals surface area contributed by atoms with Crippen molar-refractivity contribution in [1.82, 2.24) is 0 Å². The van der Waals surface area contributed by atoms with E-state index in [0.29, 0.717) is 0 Å². The topological polar surface area (TPSA) is 12.4 Å². The fourth-order valence-corrected chi connectivity index (χ4v) is 2.73. The SMILES string of the molecule is C=NC(CSC)c1ccc(CC)c(CCC)c1. The van der Waals surface area contributed by atoms with Gasteiger partial charge in [-0.05, 0) is 42.5 Å². The molecule has 94 valence electrons. The molecule has 0 aliphatic rings. The van der Waals surface area contributed by atoms with Gasteiger partial charge >= 0.3 is 0 Å². The van der Waals surface area contributed by atoms with Crippen molar-refractivity contribution in [2.45, 2.75) is 39.2 Å². The summed E-state index contributed by atoms with van der Waals surface area (Å²) in [5, 5.41) is 0. The van der Waals surface area contributed by atoms with E-state index in [1.807, 2.05) is 11.8 Å². The van der Waals surface area contributed by atoms with Crippen LogP contribution >= 0.6 is 11.8 Å². The molecule has 0 spiro atoms. The third kappa shape index (κ3) is 3.88. The number of hydrogen-bond donors (Lipinski definition) is 0. The van der Waals surface area contributed by atoms with Crippen molar-refractivity contribution in [2.24, 2.45) is 4.99 Å². The van der Waals surface area contributed by atoms with Crippen molar-refractivity contribution in [3.05, 3.63) is 34.9 Å². The average molecular weight is 249 g/mol. The highest BCUT2D eigenvalue weighted by atomic mass is 32.2. The maximum absolute atomic E-state index is 4.23. The molecule has 0 aliphatic heterocycles. The molecule has 1 aromatic carbocycles. The van der Waals surface area contributed by atoms with Gasteiger partial charge in [0.05, 0.1) is 6.04 Å². The number of thioether (sulfide) groups is 1. The molecule has 1 unspecified atom stereocenters. The van der Waals surface area contributed by atoms with E-state index in [2.05, 4.69) is 50.0 Å². The van der Waals surface area contributed by atoms with Gasteiger partial charge in [-0.15, -0.1) is 0 Å². The number of rotatable bonds is 7. The molecule has 0 saturated heterocycles. The minimum absolute atomic E-state index is 0.242. The smallest absolute Gasteiger partial charge is 0.0832 e. The Morgan fingerprint density at radius 1 is 1.29 bits per heavy atom. The lowest BCUT2D eigenvalue weighted by atomic mass is 9.96. The highest BCUT2D eigenvalue weighted by Crippen LogP contribution is 2.24. The molecule has 0 N–H and O–H groups in total. The lowest BCUT2D eigenvalue weighted by molar-refractivity contribution is 0.828. The fraction of sp³-hybridized carbons (Fsp3) is 0.533. The summed E-state index contributed by atoms with van der Waals surface area (Å²) in [6.45, 7) is 8.17. The van der Waals surface area contributed by atoms with Crippen LogP contribution in [-0.4, -0.2) is 18.7 Å². The zero-order chi connectivity index (χ0) is 12.7. The van der Waals surface area contributed by atoms with Crippen LogP contribution in [0.5, 0.6) is 0 Å². The first-order chi connectivity index (χ1) is 8.26. The van der Waals surface area contributed by atoms with E-state index in [9.17, 15) is 0 Å². The molecule has 0 radical (unpaired) electrons. The number of nitrogens with zero attached hydrogens (tertiary/aromatic N) is 1. The molecule has 1 aromatic rings. The van der Waals surface area contributed by atoms with Crippen LogP contribution < -0.4 is 0 Å². The van der Waals surface area contributed by atoms with E-state index in [-0.39, 0.29) is 6.04 Å². The lowest BCUT2D eigenvalue weighted by Crippen LogP contribution is -2.01. The van der Waals surface area contributed by atoms with Crippen LogP contribution in [0.1, 0.15) is 43.0 Å². The predicted octanol–water partition coefficient (Wildman–Crippen LogP) is 4.31. The molecule has 0 aromatic heterocycles. The Labute approximate surface area is 110 Å². The van der Waals surface area contributed by atoms with E-state index in [1.54, 1.807) is 0 Å². The molecular weight excluding hydrogens is 226 g/mol. The zero-order valence-corrected chi connectivity index (χ0v) is 12.0. The molecule has 0 heterocycles. The van der Waals surface area contributed by atoms with Crippen molar-refractivity contribution in [1.29, 1.82) is 0 Å². The summed E-state index contributed by atoms with van der Waals surface area (Å²) in [6, 6.07) is 7.05. The predicted molar refractivity (Wildman–Crippen MR) is 80.5 cm³/mol. The Morgan fingerprint density at radius 3 is 2.59 bits per heavy atom. The maximum atomic E-state index is 4.23. The number of benzene rings is 1. The van der Waals surface area contributed by atoms with E-state index < -0.39 is 0 Å². The molecule has 1 atom stereocenters. The molecule has 0 aliphatic carbocycles. The first kappa shape index (κ1) is 14.3. The first-order valence-electron chi connectivity index (χ1n) is 6.33. The third-order valence-electron chi connectivity index (χ3n) is 3.06. The highest BCUT2D eigenvalue weighted by molar-refractivity contribution is 7.98. The van der Waals surface area contributed by atoms with E-state index in [0.717, 1.165) is 12.2 Å². The molecular formula is C15H23NS. The monoisotopic (exact) mass is 249 g/mol. The van der Waals surface area contributed by atoms with Gasteiger partial charge in [-0.2, -0.15) is 11.8 Å². The largest absolute Gasteiger partial charge is 0.292 e. The minimum Gasteiger partial charge on any atom is -0.292 e. The Bertz CT molecular complexity index is 360. The van der Waals surface area contributed by atoms with Gasteiger partial charge < -0.3 is 0 Å². The van der Waals surface area contributed by atoms with Gasteiger partial charge in [0.2, 0.25) is 0 Å². The first-order valence-corrected chi connectivity index (χ1v) is 7.72. The summed E-state index contributed by atoms with van der Waals surface area (Å²) in [5.41, 5.74) is 4.28. The second kappa shape index (κ2) is 7.54. The zero-order valence-electron chi connectivity index (χ0n) is 11.2. The summed E-state index contributed by atoms with van der Waals surface area (Å²) in [5.74, 6) is 1.01. The van der Waals surface area contributed by atoms with Crippen molar-refractivity contribution < 1.29 is 0 Å². The van der Waals surface area contributed by atoms with Crippen molar-refractivity contribution in [3.8, 4) is 0 Å². The van der Waals surface area contributed by atoms with Gasteiger partial charge in [0.15, 0.2) is 0 Å². The molecule has 0 bridgehead atoms. The Balaban J connectivity index is 3.00. The van der Waals surface area contributed by atoms with Gasteiger partial charge in [0.25, 0.3) is 0 Å². The molecule has 0 amide bonds. The normalized spacial score (nSPS) is 12.4. The van der Waals surface area contributed by atoms with E-state index in [4.69, 9.17) is 0 Å². The fourth-order valence-electron chi connectivity index (χ4n) is 2.11. The van der Waals surface area contributed by atoms with Crippen molar-refractivity contribution >= 4 is 18.5 Å². The molecule has 17 heavy (non-hydrogen) atoms. The quantitative estimate of drug-likeness (QED) is 0.656. The van der Waals surface area contributed by atoms with Gasteiger partial charge in [-0.1, -0.05) is 38.5 Å². The number of aliphatic imine (C=N–C) groups is 1. The highest BCUT2D eigenvalue weighted by Gasteiger charge is 2.10. The standard InChI is InChI=1S/C15H23NS/c1-5-7-13-10-14(9-8-12(13)6-2)15(16-3)11-17-4/h8-10,15H,3,5-7,11H2,1-2,4H3. The minimum atomic E-state index is 0.242. The second-order valence-electron chi connectivity index (χ2n) is 4.29. The maximum Gasteiger partial charge on any atom is 0.0832 e. The lowest BCUT2D eigenvalue weighted by Gasteiger charge is -2.14. The van der Waals surface area contributed by atoms with Crippen molar-refractivity contribution in [3.63, 3.8) is 0 Å². The second-order valence-corrected chi connectivity index (χ2v) is 5.20. The summed E-state index contributed by atoms with van der Waals surface area (Å²) in [4.78, 5) is 4.23. The van der Waals surface area contributed by atoms with Gasteiger partial charge in [0, 0.05) is 5.75 Å². The summed E-state index contributed by atoms with van der Waals surface area (Å²) < 4.78 is 0. The molecule has 2 heteroatoms. The van der Waals surface area contributed by atoms with Crippen LogP contribution in [0.25, 0.3) is 0 Å². The van der Waals surface area contributed by atoms with Crippen molar-refractivity contribution in [2.75, 3.05) is 12.0 Å². The van der Waals surface area contributed by atoms with Crippen LogP contribution in [0.15, 0.2) is 23.2 Å². The van der Waals surface area contributed by atoms with Gasteiger partial charge in [-0.25, -0.2) is 0 Å². The number of aryl methyl sites for hydroxylation is 2.